The molecule has 4 aromatic rings. The van der Waals surface area contributed by atoms with Gasteiger partial charge in [0.2, 0.25) is 5.91 Å². The van der Waals surface area contributed by atoms with E-state index in [9.17, 15) is 4.79 Å². The Balaban J connectivity index is 1.37. The van der Waals surface area contributed by atoms with Crippen LogP contribution in [0.4, 0.5) is 5.69 Å². The number of allylic oxidation sites excluding steroid dienone is 1. The Kier molecular flexibility index (Phi) is 7.74. The van der Waals surface area contributed by atoms with Gasteiger partial charge in [0.1, 0.15) is 5.75 Å². The van der Waals surface area contributed by atoms with E-state index in [4.69, 9.17) is 17.0 Å². The minimum absolute atomic E-state index is 0.159. The Morgan fingerprint density at radius 3 is 2.50 bits per heavy atom. The molecule has 0 unspecified atom stereocenters. The number of hydrogen-bond acceptors (Lipinski definition) is 4. The Morgan fingerprint density at radius 1 is 1.03 bits per heavy atom. The third-order valence-electron chi connectivity index (χ3n) is 6.41. The predicted molar refractivity (Wildman–Crippen MR) is 153 cm³/mol. The number of rotatable bonds is 8. The molecule has 1 aliphatic carbocycles. The number of nitrogens with one attached hydrogen (secondary N) is 2. The van der Waals surface area contributed by atoms with Gasteiger partial charge in [0.05, 0.1) is 0 Å². The van der Waals surface area contributed by atoms with Gasteiger partial charge in [0, 0.05) is 39.5 Å². The molecule has 1 aliphatic rings. The zero-order valence-electron chi connectivity index (χ0n) is 19.9. The summed E-state index contributed by atoms with van der Waals surface area (Å²) < 4.78 is 7.11. The van der Waals surface area contributed by atoms with Crippen LogP contribution in [-0.2, 0) is 17.8 Å². The number of para-hydroxylation sites is 1. The summed E-state index contributed by atoms with van der Waals surface area (Å²) in [6, 6.07) is 26.1. The molecule has 182 valence electrons. The summed E-state index contributed by atoms with van der Waals surface area (Å²) in [5, 5.41) is 7.69. The maximum absolute atomic E-state index is 12.6. The first kappa shape index (κ1) is 24.2. The Morgan fingerprint density at radius 2 is 1.78 bits per heavy atom. The highest BCUT2D eigenvalue weighted by Crippen LogP contribution is 2.35. The molecule has 1 heterocycles. The molecule has 4 nitrogen and oxygen atoms in total. The van der Waals surface area contributed by atoms with Crippen LogP contribution in [-0.4, -0.2) is 11.1 Å². The van der Waals surface area contributed by atoms with Crippen LogP contribution in [0.1, 0.15) is 35.3 Å². The molecule has 1 fully saturated rings. The average Bonchev–Trinajstić information content (AvgIpc) is 3.19. The van der Waals surface area contributed by atoms with Crippen LogP contribution >= 0.6 is 23.6 Å². The van der Waals surface area contributed by atoms with Gasteiger partial charge in [-0.1, -0.05) is 67.1 Å². The van der Waals surface area contributed by atoms with Crippen molar-refractivity contribution in [3.63, 3.8) is 0 Å². The summed E-state index contributed by atoms with van der Waals surface area (Å²) in [5.41, 5.74) is 3.20. The lowest BCUT2D eigenvalue weighted by atomic mass is 9.85. The summed E-state index contributed by atoms with van der Waals surface area (Å²) in [7, 11) is 0. The second kappa shape index (κ2) is 11.5. The van der Waals surface area contributed by atoms with E-state index in [1.807, 2.05) is 60.7 Å². The Hall–Kier alpha value is -3.48. The molecule has 5 rings (SSSR count). The second-order valence-electron chi connectivity index (χ2n) is 8.91. The van der Waals surface area contributed by atoms with Crippen molar-refractivity contribution in [2.24, 2.45) is 5.92 Å². The van der Waals surface area contributed by atoms with Gasteiger partial charge < -0.3 is 15.4 Å². The largest absolute Gasteiger partial charge is 0.432 e. The van der Waals surface area contributed by atoms with Crippen molar-refractivity contribution < 1.29 is 9.53 Å². The normalized spacial score (nSPS) is 13.4. The summed E-state index contributed by atoms with van der Waals surface area (Å²) in [6.07, 6.45) is 8.26. The SMILES string of the molecule is O=C(NCc1c(CC=Cc2ccccc2)sc2ccc(OC(=S)Nc3ccccc3)cc12)C1CCC1. The van der Waals surface area contributed by atoms with E-state index in [0.29, 0.717) is 17.5 Å². The van der Waals surface area contributed by atoms with Gasteiger partial charge >= 0.3 is 0 Å². The van der Waals surface area contributed by atoms with Crippen molar-refractivity contribution >= 4 is 56.5 Å². The predicted octanol–water partition coefficient (Wildman–Crippen LogP) is 7.35. The van der Waals surface area contributed by atoms with Crippen molar-refractivity contribution in [1.29, 1.82) is 0 Å². The number of amides is 1. The maximum Gasteiger partial charge on any atom is 0.266 e. The maximum atomic E-state index is 12.6. The van der Waals surface area contributed by atoms with E-state index in [-0.39, 0.29) is 11.8 Å². The topological polar surface area (TPSA) is 50.4 Å². The highest BCUT2D eigenvalue weighted by molar-refractivity contribution is 7.80. The fraction of sp³-hybridized carbons (Fsp3) is 0.200. The molecule has 6 heteroatoms. The minimum atomic E-state index is 0.159. The number of carbonyl (C=O) groups excluding carboxylic acids is 1. The quantitative estimate of drug-likeness (QED) is 0.242. The van der Waals surface area contributed by atoms with E-state index in [0.717, 1.165) is 42.3 Å². The van der Waals surface area contributed by atoms with Crippen molar-refractivity contribution in [3.05, 3.63) is 101 Å². The van der Waals surface area contributed by atoms with E-state index >= 15 is 0 Å². The number of ether oxygens (including phenoxy) is 1. The monoisotopic (exact) mass is 512 g/mol. The molecular formula is C30H28N2O2S2. The van der Waals surface area contributed by atoms with Gasteiger partial charge in [-0.3, -0.25) is 4.79 Å². The van der Waals surface area contributed by atoms with E-state index < -0.39 is 0 Å². The van der Waals surface area contributed by atoms with Gasteiger partial charge in [0.25, 0.3) is 5.17 Å². The highest BCUT2D eigenvalue weighted by atomic mass is 32.1. The molecule has 0 spiro atoms. The second-order valence-corrected chi connectivity index (χ2v) is 10.4. The zero-order chi connectivity index (χ0) is 24.7. The molecule has 0 atom stereocenters. The van der Waals surface area contributed by atoms with Gasteiger partial charge in [-0.05, 0) is 66.5 Å². The number of anilines is 1. The first-order valence-electron chi connectivity index (χ1n) is 12.2. The standard InChI is InChI=1S/C30H28N2O2S2/c33-29(22-12-8-13-22)31-20-26-25-19-24(34-30(35)32-23-14-5-2-6-15-23)17-18-28(25)36-27(26)16-7-11-21-9-3-1-4-10-21/h1-7,9-11,14-15,17-19,22H,8,12-13,16,20H2,(H,31,33)(H,32,35). The summed E-state index contributed by atoms with van der Waals surface area (Å²) in [4.78, 5) is 13.8. The fourth-order valence-electron chi connectivity index (χ4n) is 4.23. The van der Waals surface area contributed by atoms with Crippen LogP contribution in [0.3, 0.4) is 0 Å². The van der Waals surface area contributed by atoms with E-state index in [1.165, 1.54) is 15.1 Å². The van der Waals surface area contributed by atoms with Crippen LogP contribution in [0.25, 0.3) is 16.2 Å². The fourth-order valence-corrected chi connectivity index (χ4v) is 5.62. The summed E-state index contributed by atoms with van der Waals surface area (Å²) in [5.74, 6) is 0.996. The lowest BCUT2D eigenvalue weighted by Gasteiger charge is -2.24. The molecule has 0 radical (unpaired) electrons. The van der Waals surface area contributed by atoms with Crippen LogP contribution in [0.5, 0.6) is 5.75 Å². The molecule has 2 N–H and O–H groups in total. The van der Waals surface area contributed by atoms with E-state index in [2.05, 4.69) is 41.0 Å². The molecule has 1 saturated carbocycles. The van der Waals surface area contributed by atoms with Crippen LogP contribution in [0, 0.1) is 5.92 Å². The van der Waals surface area contributed by atoms with Crippen molar-refractivity contribution in [2.75, 3.05) is 5.32 Å². The molecule has 1 aromatic heterocycles. The van der Waals surface area contributed by atoms with Crippen molar-refractivity contribution in [1.82, 2.24) is 5.32 Å². The third kappa shape index (κ3) is 6.01. The lowest BCUT2D eigenvalue weighted by molar-refractivity contribution is -0.127. The Bertz CT molecular complexity index is 1380. The number of benzene rings is 3. The van der Waals surface area contributed by atoms with Crippen LogP contribution < -0.4 is 15.4 Å². The molecule has 0 aliphatic heterocycles. The lowest BCUT2D eigenvalue weighted by Crippen LogP contribution is -2.34. The molecule has 3 aromatic carbocycles. The highest BCUT2D eigenvalue weighted by Gasteiger charge is 2.25. The third-order valence-corrected chi connectivity index (χ3v) is 7.83. The number of fused-ring (bicyclic) bond motifs is 1. The van der Waals surface area contributed by atoms with Crippen LogP contribution in [0.15, 0.2) is 84.9 Å². The molecule has 0 saturated heterocycles. The van der Waals surface area contributed by atoms with Crippen molar-refractivity contribution in [3.8, 4) is 5.75 Å². The molecular weight excluding hydrogens is 484 g/mol. The van der Waals surface area contributed by atoms with E-state index in [1.54, 1.807) is 11.3 Å². The number of thiocarbonyl (C=S) groups is 1. The van der Waals surface area contributed by atoms with Gasteiger partial charge in [-0.2, -0.15) is 0 Å². The van der Waals surface area contributed by atoms with Gasteiger partial charge in [-0.15, -0.1) is 11.3 Å². The first-order valence-corrected chi connectivity index (χ1v) is 13.5. The van der Waals surface area contributed by atoms with Crippen molar-refractivity contribution in [2.45, 2.75) is 32.2 Å². The summed E-state index contributed by atoms with van der Waals surface area (Å²) >= 11 is 7.18. The number of carbonyl (C=O) groups is 1. The van der Waals surface area contributed by atoms with Gasteiger partial charge in [0.15, 0.2) is 0 Å². The number of hydrogen-bond donors (Lipinski definition) is 2. The summed E-state index contributed by atoms with van der Waals surface area (Å²) in [6.45, 7) is 0.514. The smallest absolute Gasteiger partial charge is 0.266 e. The number of thiophene rings is 1. The average molecular weight is 513 g/mol. The molecule has 0 bridgehead atoms. The molecule has 1 amide bonds. The van der Waals surface area contributed by atoms with Gasteiger partial charge in [-0.25, -0.2) is 0 Å². The first-order chi connectivity index (χ1) is 17.7. The molecule has 36 heavy (non-hydrogen) atoms. The van der Waals surface area contributed by atoms with Crippen LogP contribution in [0.2, 0.25) is 0 Å². The minimum Gasteiger partial charge on any atom is -0.432 e. The zero-order valence-corrected chi connectivity index (χ0v) is 21.5. The Labute approximate surface area is 221 Å².